The van der Waals surface area contributed by atoms with Gasteiger partial charge < -0.3 is 20.1 Å². The number of benzene rings is 1. The zero-order chi connectivity index (χ0) is 17.3. The molecule has 1 aliphatic heterocycles. The number of likely N-dealkylation sites (tertiary alicyclic amines) is 1. The minimum absolute atomic E-state index is 0.116. The summed E-state index contributed by atoms with van der Waals surface area (Å²) in [6.07, 6.45) is 1.54. The molecule has 24 heavy (non-hydrogen) atoms. The zero-order valence-corrected chi connectivity index (χ0v) is 14.1. The molecule has 130 valence electrons. The third-order valence-corrected chi connectivity index (χ3v) is 4.92. The fraction of sp³-hybridized carbons (Fsp3) is 0.556. The highest BCUT2D eigenvalue weighted by Gasteiger charge is 2.41. The highest BCUT2D eigenvalue weighted by molar-refractivity contribution is 5.77. The number of urea groups is 1. The van der Waals surface area contributed by atoms with Crippen LogP contribution in [-0.2, 0) is 4.79 Å². The van der Waals surface area contributed by atoms with E-state index in [0.717, 1.165) is 17.7 Å². The highest BCUT2D eigenvalue weighted by atomic mass is 16.5. The van der Waals surface area contributed by atoms with Gasteiger partial charge in [0.2, 0.25) is 0 Å². The molecule has 0 bridgehead atoms. The topological polar surface area (TPSA) is 78.9 Å². The number of hydrogen-bond donors (Lipinski definition) is 2. The van der Waals surface area contributed by atoms with Crippen molar-refractivity contribution in [3.05, 3.63) is 29.8 Å². The molecule has 1 aromatic rings. The SMILES string of the molecule is COc1cccc([C@@H]2C[C@H]2NC(=O)N2CC(C)CC(C(=O)O)C2)c1. The van der Waals surface area contributed by atoms with E-state index >= 15 is 0 Å². The van der Waals surface area contributed by atoms with Gasteiger partial charge in [-0.05, 0) is 36.5 Å². The summed E-state index contributed by atoms with van der Waals surface area (Å²) in [6.45, 7) is 2.90. The van der Waals surface area contributed by atoms with E-state index in [0.29, 0.717) is 25.4 Å². The van der Waals surface area contributed by atoms with E-state index in [2.05, 4.69) is 5.32 Å². The van der Waals surface area contributed by atoms with Crippen LogP contribution in [0.2, 0.25) is 0 Å². The Bertz CT molecular complexity index is 633. The first-order valence-electron chi connectivity index (χ1n) is 8.40. The van der Waals surface area contributed by atoms with Crippen LogP contribution in [0.5, 0.6) is 5.75 Å². The second-order valence-electron chi connectivity index (χ2n) is 6.96. The van der Waals surface area contributed by atoms with E-state index in [-0.39, 0.29) is 18.0 Å². The van der Waals surface area contributed by atoms with Crippen LogP contribution in [0, 0.1) is 11.8 Å². The van der Waals surface area contributed by atoms with Gasteiger partial charge in [0, 0.05) is 25.0 Å². The first kappa shape index (κ1) is 16.6. The summed E-state index contributed by atoms with van der Waals surface area (Å²) in [5.74, 6) is 0.0482. The van der Waals surface area contributed by atoms with Gasteiger partial charge in [-0.2, -0.15) is 0 Å². The van der Waals surface area contributed by atoms with Gasteiger partial charge in [-0.25, -0.2) is 4.79 Å². The van der Waals surface area contributed by atoms with Crippen molar-refractivity contribution in [3.63, 3.8) is 0 Å². The van der Waals surface area contributed by atoms with Crippen molar-refractivity contribution in [2.24, 2.45) is 11.8 Å². The summed E-state index contributed by atoms with van der Waals surface area (Å²) < 4.78 is 5.24. The van der Waals surface area contributed by atoms with Crippen LogP contribution in [0.1, 0.15) is 31.2 Å². The summed E-state index contributed by atoms with van der Waals surface area (Å²) in [5.41, 5.74) is 1.16. The Labute approximate surface area is 141 Å². The van der Waals surface area contributed by atoms with E-state index in [1.165, 1.54) is 0 Å². The Kier molecular flexibility index (Phi) is 4.64. The van der Waals surface area contributed by atoms with Gasteiger partial charge in [0.05, 0.1) is 13.0 Å². The highest BCUT2D eigenvalue weighted by Crippen LogP contribution is 2.41. The van der Waals surface area contributed by atoms with E-state index < -0.39 is 11.9 Å². The van der Waals surface area contributed by atoms with Crippen molar-refractivity contribution < 1.29 is 19.4 Å². The molecule has 1 saturated carbocycles. The van der Waals surface area contributed by atoms with Crippen molar-refractivity contribution in [2.75, 3.05) is 20.2 Å². The number of nitrogens with zero attached hydrogens (tertiary/aromatic N) is 1. The molecular weight excluding hydrogens is 308 g/mol. The van der Waals surface area contributed by atoms with E-state index in [1.807, 2.05) is 31.2 Å². The first-order chi connectivity index (χ1) is 11.5. The molecule has 2 aliphatic rings. The number of carboxylic acid groups (broad SMARTS) is 1. The molecule has 2 unspecified atom stereocenters. The normalized spacial score (nSPS) is 29.0. The van der Waals surface area contributed by atoms with Crippen LogP contribution in [0.15, 0.2) is 24.3 Å². The minimum atomic E-state index is -0.819. The first-order valence-corrected chi connectivity index (χ1v) is 8.40. The molecule has 3 rings (SSSR count). The van der Waals surface area contributed by atoms with Crippen LogP contribution in [-0.4, -0.2) is 48.2 Å². The molecule has 2 amide bonds. The van der Waals surface area contributed by atoms with Crippen molar-refractivity contribution in [1.29, 1.82) is 0 Å². The van der Waals surface area contributed by atoms with Gasteiger partial charge in [0.15, 0.2) is 0 Å². The smallest absolute Gasteiger partial charge is 0.317 e. The lowest BCUT2D eigenvalue weighted by Gasteiger charge is -2.34. The van der Waals surface area contributed by atoms with E-state index in [9.17, 15) is 14.7 Å². The molecule has 6 nitrogen and oxygen atoms in total. The third-order valence-electron chi connectivity index (χ3n) is 4.92. The molecule has 1 aliphatic carbocycles. The Hall–Kier alpha value is -2.24. The Morgan fingerprint density at radius 3 is 2.79 bits per heavy atom. The monoisotopic (exact) mass is 332 g/mol. The number of aliphatic carboxylic acids is 1. The number of ether oxygens (including phenoxy) is 1. The predicted octanol–water partition coefficient (Wildman–Crippen LogP) is 2.30. The lowest BCUT2D eigenvalue weighted by molar-refractivity contribution is -0.143. The minimum Gasteiger partial charge on any atom is -0.497 e. The maximum Gasteiger partial charge on any atom is 0.317 e. The summed E-state index contributed by atoms with van der Waals surface area (Å²) in [4.78, 5) is 25.3. The summed E-state index contributed by atoms with van der Waals surface area (Å²) >= 11 is 0. The maximum atomic E-state index is 12.5. The fourth-order valence-electron chi connectivity index (χ4n) is 3.54. The van der Waals surface area contributed by atoms with Crippen molar-refractivity contribution in [3.8, 4) is 5.75 Å². The van der Waals surface area contributed by atoms with E-state index in [1.54, 1.807) is 12.0 Å². The average molecular weight is 332 g/mol. The number of methoxy groups -OCH3 is 1. The molecule has 2 N–H and O–H groups in total. The molecule has 2 fully saturated rings. The predicted molar refractivity (Wildman–Crippen MR) is 89.2 cm³/mol. The Balaban J connectivity index is 1.57. The molecule has 0 spiro atoms. The molecule has 6 heteroatoms. The molecule has 0 radical (unpaired) electrons. The van der Waals surface area contributed by atoms with E-state index in [4.69, 9.17) is 4.74 Å². The van der Waals surface area contributed by atoms with Gasteiger partial charge >= 0.3 is 12.0 Å². The maximum absolute atomic E-state index is 12.5. The average Bonchev–Trinajstić information content (AvgIpc) is 3.33. The van der Waals surface area contributed by atoms with Gasteiger partial charge in [0.25, 0.3) is 0 Å². The molecule has 4 atom stereocenters. The number of amides is 2. The summed E-state index contributed by atoms with van der Waals surface area (Å²) in [6, 6.07) is 7.87. The standard InChI is InChI=1S/C18H24N2O4/c1-11-6-13(17(21)22)10-20(9-11)18(23)19-16-8-15(16)12-4-3-5-14(7-12)24-2/h3-5,7,11,13,15-16H,6,8-10H2,1-2H3,(H,19,23)(H,21,22)/t11?,13?,15-,16+/m0/s1. The van der Waals surface area contributed by atoms with Crippen LogP contribution < -0.4 is 10.1 Å². The number of carbonyl (C=O) groups excluding carboxylic acids is 1. The van der Waals surface area contributed by atoms with Crippen molar-refractivity contribution >= 4 is 12.0 Å². The van der Waals surface area contributed by atoms with Crippen LogP contribution in [0.25, 0.3) is 0 Å². The van der Waals surface area contributed by atoms with Gasteiger partial charge in [0.1, 0.15) is 5.75 Å². The zero-order valence-electron chi connectivity index (χ0n) is 14.1. The van der Waals surface area contributed by atoms with Crippen LogP contribution in [0.3, 0.4) is 0 Å². The summed E-state index contributed by atoms with van der Waals surface area (Å²) in [5, 5.41) is 12.3. The summed E-state index contributed by atoms with van der Waals surface area (Å²) in [7, 11) is 1.64. The van der Waals surface area contributed by atoms with Crippen LogP contribution >= 0.6 is 0 Å². The number of carbonyl (C=O) groups is 2. The van der Waals surface area contributed by atoms with Gasteiger partial charge in [-0.1, -0.05) is 19.1 Å². The molecule has 1 aromatic carbocycles. The van der Waals surface area contributed by atoms with Crippen molar-refractivity contribution in [1.82, 2.24) is 10.2 Å². The number of nitrogens with one attached hydrogen (secondary N) is 1. The lowest BCUT2D eigenvalue weighted by Crippen LogP contribution is -2.50. The molecule has 1 saturated heterocycles. The number of carboxylic acids is 1. The molecule has 0 aromatic heterocycles. The largest absolute Gasteiger partial charge is 0.497 e. The van der Waals surface area contributed by atoms with Crippen LogP contribution in [0.4, 0.5) is 4.79 Å². The second kappa shape index (κ2) is 6.71. The Morgan fingerprint density at radius 1 is 1.29 bits per heavy atom. The number of rotatable bonds is 4. The fourth-order valence-corrected chi connectivity index (χ4v) is 3.54. The second-order valence-corrected chi connectivity index (χ2v) is 6.96. The molecular formula is C18H24N2O4. The quantitative estimate of drug-likeness (QED) is 0.887. The van der Waals surface area contributed by atoms with Gasteiger partial charge in [-0.15, -0.1) is 0 Å². The van der Waals surface area contributed by atoms with Gasteiger partial charge in [-0.3, -0.25) is 4.79 Å². The number of piperidine rings is 1. The number of hydrogen-bond acceptors (Lipinski definition) is 3. The molecule has 1 heterocycles. The van der Waals surface area contributed by atoms with Crippen molar-refractivity contribution in [2.45, 2.75) is 31.7 Å². The Morgan fingerprint density at radius 2 is 2.08 bits per heavy atom. The lowest BCUT2D eigenvalue weighted by atomic mass is 9.91. The third kappa shape index (κ3) is 3.63.